The zero-order valence-corrected chi connectivity index (χ0v) is 15.3. The van der Waals surface area contributed by atoms with Crippen molar-refractivity contribution in [3.05, 3.63) is 29.8 Å². The van der Waals surface area contributed by atoms with Crippen molar-refractivity contribution in [3.63, 3.8) is 0 Å². The van der Waals surface area contributed by atoms with Crippen LogP contribution in [0.3, 0.4) is 0 Å². The number of nitrogens with zero attached hydrogens (tertiary/aromatic N) is 1. The molecule has 0 spiro atoms. The number of piperidine rings is 1. The average molecular weight is 365 g/mol. The van der Waals surface area contributed by atoms with Gasteiger partial charge >= 0.3 is 0 Å². The van der Waals surface area contributed by atoms with Crippen molar-refractivity contribution in [1.29, 1.82) is 0 Å². The van der Waals surface area contributed by atoms with Crippen LogP contribution in [0.25, 0.3) is 0 Å². The molecule has 1 aromatic rings. The van der Waals surface area contributed by atoms with E-state index in [0.717, 1.165) is 44.1 Å². The molecule has 3 rings (SSSR count). The number of carbonyl (C=O) groups excluding carboxylic acids is 1. The minimum atomic E-state index is -3.40. The Morgan fingerprint density at radius 1 is 1.12 bits per heavy atom. The third-order valence-electron chi connectivity index (χ3n) is 5.19. The molecule has 1 heterocycles. The zero-order chi connectivity index (χ0) is 17.9. The van der Waals surface area contributed by atoms with Crippen LogP contribution < -0.4 is 11.1 Å². The molecule has 1 aromatic carbocycles. The molecule has 2 fully saturated rings. The lowest BCUT2D eigenvalue weighted by molar-refractivity contribution is -0.125. The van der Waals surface area contributed by atoms with E-state index in [0.29, 0.717) is 24.5 Å². The van der Waals surface area contributed by atoms with E-state index in [-0.39, 0.29) is 17.9 Å². The molecule has 2 atom stereocenters. The number of amides is 1. The van der Waals surface area contributed by atoms with Crippen molar-refractivity contribution >= 4 is 15.9 Å². The van der Waals surface area contributed by atoms with Crippen LogP contribution in [0.2, 0.25) is 0 Å². The Morgan fingerprint density at radius 2 is 1.80 bits per heavy atom. The summed E-state index contributed by atoms with van der Waals surface area (Å²) >= 11 is 0. The van der Waals surface area contributed by atoms with Crippen molar-refractivity contribution in [2.45, 2.75) is 56.0 Å². The zero-order valence-electron chi connectivity index (χ0n) is 14.5. The van der Waals surface area contributed by atoms with Crippen molar-refractivity contribution in [3.8, 4) is 0 Å². The van der Waals surface area contributed by atoms with Gasteiger partial charge < -0.3 is 11.1 Å². The number of sulfonamides is 1. The van der Waals surface area contributed by atoms with Crippen LogP contribution in [-0.4, -0.2) is 37.8 Å². The SMILES string of the molecule is NC1CCC(C(=O)NCc2ccc(S(=O)(=O)N3CCCCC3)cc2)C1. The molecule has 138 valence electrons. The molecule has 2 unspecified atom stereocenters. The van der Waals surface area contributed by atoms with E-state index in [1.165, 1.54) is 0 Å². The van der Waals surface area contributed by atoms with Gasteiger partial charge in [0.15, 0.2) is 0 Å². The first-order valence-corrected chi connectivity index (χ1v) is 10.5. The highest BCUT2D eigenvalue weighted by molar-refractivity contribution is 7.89. The lowest BCUT2D eigenvalue weighted by Gasteiger charge is -2.25. The second kappa shape index (κ2) is 7.85. The van der Waals surface area contributed by atoms with Crippen LogP contribution in [0.1, 0.15) is 44.1 Å². The summed E-state index contributed by atoms with van der Waals surface area (Å²) in [5.41, 5.74) is 6.74. The number of benzene rings is 1. The van der Waals surface area contributed by atoms with Gasteiger partial charge in [0, 0.05) is 31.6 Å². The molecule has 1 aliphatic heterocycles. The maximum atomic E-state index is 12.6. The normalized spacial score (nSPS) is 25.0. The van der Waals surface area contributed by atoms with Gasteiger partial charge in [0.05, 0.1) is 4.90 Å². The number of carbonyl (C=O) groups is 1. The third kappa shape index (κ3) is 4.40. The Morgan fingerprint density at radius 3 is 2.40 bits per heavy atom. The summed E-state index contributed by atoms with van der Waals surface area (Å²) < 4.78 is 26.8. The highest BCUT2D eigenvalue weighted by Gasteiger charge is 2.28. The van der Waals surface area contributed by atoms with E-state index in [1.54, 1.807) is 28.6 Å². The Kier molecular flexibility index (Phi) is 5.76. The first-order chi connectivity index (χ1) is 12.0. The van der Waals surface area contributed by atoms with Crippen molar-refractivity contribution < 1.29 is 13.2 Å². The van der Waals surface area contributed by atoms with Gasteiger partial charge in [0.2, 0.25) is 15.9 Å². The van der Waals surface area contributed by atoms with Crippen LogP contribution in [0.4, 0.5) is 0 Å². The maximum Gasteiger partial charge on any atom is 0.243 e. The monoisotopic (exact) mass is 365 g/mol. The lowest BCUT2D eigenvalue weighted by atomic mass is 10.1. The summed E-state index contributed by atoms with van der Waals surface area (Å²) in [7, 11) is -3.40. The molecular weight excluding hydrogens is 338 g/mol. The minimum Gasteiger partial charge on any atom is -0.352 e. The minimum absolute atomic E-state index is 0.00810. The van der Waals surface area contributed by atoms with Gasteiger partial charge in [-0.15, -0.1) is 0 Å². The summed E-state index contributed by atoms with van der Waals surface area (Å²) in [6, 6.07) is 6.96. The van der Waals surface area contributed by atoms with Gasteiger partial charge in [-0.05, 0) is 49.8 Å². The van der Waals surface area contributed by atoms with E-state index in [4.69, 9.17) is 5.73 Å². The van der Waals surface area contributed by atoms with Crippen molar-refractivity contribution in [2.75, 3.05) is 13.1 Å². The summed E-state index contributed by atoms with van der Waals surface area (Å²) in [5.74, 6) is 0.0479. The molecule has 1 saturated heterocycles. The Bertz CT molecular complexity index is 697. The fourth-order valence-corrected chi connectivity index (χ4v) is 5.14. The van der Waals surface area contributed by atoms with Gasteiger partial charge in [-0.2, -0.15) is 4.31 Å². The molecule has 1 saturated carbocycles. The van der Waals surface area contributed by atoms with Crippen LogP contribution in [0.5, 0.6) is 0 Å². The Hall–Kier alpha value is -1.44. The molecule has 7 heteroatoms. The van der Waals surface area contributed by atoms with Gasteiger partial charge in [0.1, 0.15) is 0 Å². The van der Waals surface area contributed by atoms with Crippen LogP contribution in [0.15, 0.2) is 29.2 Å². The van der Waals surface area contributed by atoms with Crippen LogP contribution in [-0.2, 0) is 21.4 Å². The van der Waals surface area contributed by atoms with Crippen molar-refractivity contribution in [2.24, 2.45) is 11.7 Å². The molecule has 25 heavy (non-hydrogen) atoms. The fourth-order valence-electron chi connectivity index (χ4n) is 3.62. The molecule has 3 N–H and O–H groups in total. The first-order valence-electron chi connectivity index (χ1n) is 9.09. The second-order valence-corrected chi connectivity index (χ2v) is 9.03. The number of nitrogens with one attached hydrogen (secondary N) is 1. The predicted molar refractivity (Wildman–Crippen MR) is 96.2 cm³/mol. The summed E-state index contributed by atoms with van der Waals surface area (Å²) in [6.45, 7) is 1.61. The molecule has 1 aliphatic carbocycles. The molecule has 2 aliphatic rings. The molecular formula is C18H27N3O3S. The summed E-state index contributed by atoms with van der Waals surface area (Å²) in [5, 5.41) is 2.93. The number of hydrogen-bond donors (Lipinski definition) is 2. The molecule has 6 nitrogen and oxygen atoms in total. The average Bonchev–Trinajstić information content (AvgIpc) is 3.07. The molecule has 0 aromatic heterocycles. The van der Waals surface area contributed by atoms with Gasteiger partial charge in [-0.3, -0.25) is 4.79 Å². The van der Waals surface area contributed by atoms with Gasteiger partial charge in [-0.25, -0.2) is 8.42 Å². The van der Waals surface area contributed by atoms with Crippen LogP contribution in [0, 0.1) is 5.92 Å². The highest BCUT2D eigenvalue weighted by Crippen LogP contribution is 2.24. The van der Waals surface area contributed by atoms with Crippen molar-refractivity contribution in [1.82, 2.24) is 9.62 Å². The number of rotatable bonds is 5. The van der Waals surface area contributed by atoms with Gasteiger partial charge in [0.25, 0.3) is 0 Å². The number of hydrogen-bond acceptors (Lipinski definition) is 4. The fraction of sp³-hybridized carbons (Fsp3) is 0.611. The van der Waals surface area contributed by atoms with E-state index in [1.807, 2.05) is 0 Å². The van der Waals surface area contributed by atoms with E-state index < -0.39 is 10.0 Å². The predicted octanol–water partition coefficient (Wildman–Crippen LogP) is 1.60. The maximum absolute atomic E-state index is 12.6. The summed E-state index contributed by atoms with van der Waals surface area (Å²) in [4.78, 5) is 12.5. The van der Waals surface area contributed by atoms with E-state index in [2.05, 4.69) is 5.32 Å². The van der Waals surface area contributed by atoms with Gasteiger partial charge in [-0.1, -0.05) is 18.6 Å². The quantitative estimate of drug-likeness (QED) is 0.829. The number of nitrogens with two attached hydrogens (primary N) is 1. The topological polar surface area (TPSA) is 92.5 Å². The molecule has 1 amide bonds. The standard InChI is InChI=1S/C18H27N3O3S/c19-16-7-6-15(12-16)18(22)20-13-14-4-8-17(9-5-14)25(23,24)21-10-2-1-3-11-21/h4-5,8-9,15-16H,1-3,6-7,10-13,19H2,(H,20,22). The Labute approximate surface area is 149 Å². The van der Waals surface area contributed by atoms with E-state index >= 15 is 0 Å². The molecule has 0 bridgehead atoms. The smallest absolute Gasteiger partial charge is 0.243 e. The molecule has 0 radical (unpaired) electrons. The lowest BCUT2D eigenvalue weighted by Crippen LogP contribution is -2.35. The highest BCUT2D eigenvalue weighted by atomic mass is 32.2. The third-order valence-corrected chi connectivity index (χ3v) is 7.10. The summed E-state index contributed by atoms with van der Waals surface area (Å²) in [6.07, 6.45) is 5.44. The largest absolute Gasteiger partial charge is 0.352 e. The Balaban J connectivity index is 1.57. The first kappa shape index (κ1) is 18.4. The van der Waals surface area contributed by atoms with E-state index in [9.17, 15) is 13.2 Å². The van der Waals surface area contributed by atoms with Crippen LogP contribution >= 0.6 is 0 Å². The second-order valence-electron chi connectivity index (χ2n) is 7.10.